The van der Waals surface area contributed by atoms with Crippen LogP contribution in [0.2, 0.25) is 0 Å². The topological polar surface area (TPSA) is 95.9 Å². The van der Waals surface area contributed by atoms with Crippen LogP contribution in [0.5, 0.6) is 11.8 Å². The van der Waals surface area contributed by atoms with Crippen molar-refractivity contribution >= 4 is 27.5 Å². The Morgan fingerprint density at radius 2 is 2.06 bits per heavy atom. The Morgan fingerprint density at radius 3 is 2.86 bits per heavy atom. The molecule has 0 amide bonds. The maximum atomic E-state index is 16.9. The number of hydrogen-bond acceptors (Lipinski definition) is 9. The summed E-state index contributed by atoms with van der Waals surface area (Å²) in [6, 6.07) is 5.64. The third kappa shape index (κ3) is 5.44. The quantitative estimate of drug-likeness (QED) is 0.234. The largest absolute Gasteiger partial charge is 0.508 e. The third-order valence-electron chi connectivity index (χ3n) is 10.5. The van der Waals surface area contributed by atoms with Crippen molar-refractivity contribution in [1.29, 1.82) is 0 Å². The molecule has 3 atom stereocenters. The van der Waals surface area contributed by atoms with Gasteiger partial charge in [-0.05, 0) is 67.8 Å². The zero-order valence-electron chi connectivity index (χ0n) is 26.5. The number of phenols is 1. The lowest BCUT2D eigenvalue weighted by atomic mass is 9.94. The minimum Gasteiger partial charge on any atom is -0.508 e. The van der Waals surface area contributed by atoms with Crippen molar-refractivity contribution in [2.75, 3.05) is 51.4 Å². The number of benzene rings is 2. The van der Waals surface area contributed by atoms with Crippen LogP contribution < -0.4 is 15.0 Å². The van der Waals surface area contributed by atoms with Gasteiger partial charge >= 0.3 is 6.01 Å². The van der Waals surface area contributed by atoms with E-state index >= 15 is 4.39 Å². The fourth-order valence-corrected chi connectivity index (χ4v) is 8.50. The molecule has 2 aromatic heterocycles. The molecule has 9 nitrogen and oxygen atoms in total. The number of phenolic OH excluding ortho intramolecular Hbond substituents is 1. The number of ether oxygens (including phenoxy) is 2. The lowest BCUT2D eigenvalue weighted by Gasteiger charge is -2.41. The van der Waals surface area contributed by atoms with Gasteiger partial charge in [-0.1, -0.05) is 19.4 Å². The molecular formula is C37H39F3N6O3. The molecular weight excluding hydrogens is 633 g/mol. The van der Waals surface area contributed by atoms with Gasteiger partial charge in [0.1, 0.15) is 35.2 Å². The second-order valence-electron chi connectivity index (χ2n) is 13.6. The number of halogens is 3. The molecule has 8 rings (SSSR count). The minimum atomic E-state index is -0.783. The number of terminal acetylenes is 1. The number of anilines is 1. The number of nitrogens with one attached hydrogen (secondary N) is 1. The molecule has 49 heavy (non-hydrogen) atoms. The van der Waals surface area contributed by atoms with Crippen LogP contribution in [-0.2, 0) is 4.74 Å². The molecule has 2 bridgehead atoms. The van der Waals surface area contributed by atoms with Gasteiger partial charge in [-0.25, -0.2) is 13.2 Å². The molecule has 4 aliphatic rings. The van der Waals surface area contributed by atoms with Crippen molar-refractivity contribution < 1.29 is 27.8 Å². The normalized spacial score (nSPS) is 25.6. The number of fused-ring (bicyclic) bond motifs is 5. The van der Waals surface area contributed by atoms with Gasteiger partial charge in [0.2, 0.25) is 0 Å². The molecule has 12 heteroatoms. The number of aromatic hydroxyl groups is 1. The summed E-state index contributed by atoms with van der Waals surface area (Å²) in [6.07, 6.45) is 12.1. The standard InChI is InChI=1S/C36H35F3N6O3.CH4/c1-3-25-28(38)6-5-22-11-24(46)12-26(29(22)25)31-30(39)32-27(15-40-31)33(44-17-23-7-9-35(18-44,43-23)19-47-2)42-34(41-32)48-20-36-8-4-10-45(36)16-21(13-36)14-37;/h1,5-6,11-12,14-15,23,43,46H,4,7-10,13,16-20H2,2H3;1H4/b21-14+;. The average Bonchev–Trinajstić information content (AvgIpc) is 3.73. The average molecular weight is 673 g/mol. The Bertz CT molecular complexity index is 2030. The summed E-state index contributed by atoms with van der Waals surface area (Å²) in [5.74, 6) is 1.28. The van der Waals surface area contributed by atoms with Crippen molar-refractivity contribution in [2.24, 2.45) is 0 Å². The first-order valence-corrected chi connectivity index (χ1v) is 16.2. The van der Waals surface area contributed by atoms with Crippen LogP contribution >= 0.6 is 0 Å². The first-order valence-electron chi connectivity index (χ1n) is 16.2. The van der Waals surface area contributed by atoms with Crippen LogP contribution in [0.25, 0.3) is 32.9 Å². The Morgan fingerprint density at radius 1 is 1.20 bits per heavy atom. The van der Waals surface area contributed by atoms with Crippen LogP contribution in [0.1, 0.15) is 45.1 Å². The second-order valence-corrected chi connectivity index (χ2v) is 13.6. The number of pyridine rings is 1. The van der Waals surface area contributed by atoms with Gasteiger partial charge in [0.05, 0.1) is 35.0 Å². The van der Waals surface area contributed by atoms with Crippen molar-refractivity contribution in [3.63, 3.8) is 0 Å². The number of piperazine rings is 1. The first-order chi connectivity index (χ1) is 23.2. The van der Waals surface area contributed by atoms with E-state index in [9.17, 15) is 13.9 Å². The summed E-state index contributed by atoms with van der Waals surface area (Å²) >= 11 is 0. The SMILES string of the molecule is C.C#Cc1c(F)ccc2cc(O)cc(-c3ncc4c(N5CC6CCC(COC)(C5)N6)nc(OCC56CCCN5C/C(=C/F)C6)nc4c3F)c12. The van der Waals surface area contributed by atoms with E-state index < -0.39 is 11.6 Å². The first kappa shape index (κ1) is 33.1. The van der Waals surface area contributed by atoms with Gasteiger partial charge in [-0.2, -0.15) is 9.97 Å². The van der Waals surface area contributed by atoms with E-state index in [-0.39, 0.29) is 70.6 Å². The zero-order chi connectivity index (χ0) is 33.2. The van der Waals surface area contributed by atoms with Gasteiger partial charge in [0, 0.05) is 49.9 Å². The van der Waals surface area contributed by atoms with E-state index in [0.29, 0.717) is 55.6 Å². The van der Waals surface area contributed by atoms with Crippen LogP contribution in [0.4, 0.5) is 19.0 Å². The molecule has 0 saturated carbocycles. The predicted molar refractivity (Wildman–Crippen MR) is 182 cm³/mol. The summed E-state index contributed by atoms with van der Waals surface area (Å²) in [5.41, 5.74) is -0.0537. The molecule has 2 aromatic carbocycles. The van der Waals surface area contributed by atoms with Crippen molar-refractivity contribution in [1.82, 2.24) is 25.2 Å². The highest BCUT2D eigenvalue weighted by atomic mass is 19.1. The summed E-state index contributed by atoms with van der Waals surface area (Å²) in [7, 11) is 1.68. The van der Waals surface area contributed by atoms with Crippen LogP contribution in [0.15, 0.2) is 42.4 Å². The fourth-order valence-electron chi connectivity index (χ4n) is 8.50. The molecule has 3 unspecified atom stereocenters. The van der Waals surface area contributed by atoms with Gasteiger partial charge in [-0.3, -0.25) is 9.88 Å². The van der Waals surface area contributed by atoms with Gasteiger partial charge in [-0.15, -0.1) is 6.42 Å². The molecule has 6 heterocycles. The molecule has 256 valence electrons. The van der Waals surface area contributed by atoms with Crippen molar-refractivity contribution in [2.45, 2.75) is 56.7 Å². The molecule has 0 spiro atoms. The van der Waals surface area contributed by atoms with Crippen LogP contribution in [0, 0.1) is 24.0 Å². The Kier molecular flexibility index (Phi) is 8.41. The summed E-state index contributed by atoms with van der Waals surface area (Å²) in [4.78, 5) is 18.3. The third-order valence-corrected chi connectivity index (χ3v) is 10.5. The Labute approximate surface area is 283 Å². The highest BCUT2D eigenvalue weighted by Crippen LogP contribution is 2.43. The number of rotatable bonds is 7. The molecule has 4 aromatic rings. The van der Waals surface area contributed by atoms with Crippen LogP contribution in [-0.4, -0.2) is 88.6 Å². The van der Waals surface area contributed by atoms with E-state index in [1.807, 2.05) is 0 Å². The van der Waals surface area contributed by atoms with E-state index in [1.165, 1.54) is 30.5 Å². The fraction of sp³-hybridized carbons (Fsp3) is 0.432. The Hall–Kier alpha value is -4.44. The van der Waals surface area contributed by atoms with E-state index in [4.69, 9.17) is 20.9 Å². The lowest BCUT2D eigenvalue weighted by molar-refractivity contribution is 0.107. The van der Waals surface area contributed by atoms with Crippen molar-refractivity contribution in [3.8, 4) is 35.4 Å². The van der Waals surface area contributed by atoms with Crippen LogP contribution in [0.3, 0.4) is 0 Å². The maximum absolute atomic E-state index is 16.9. The minimum absolute atomic E-state index is 0. The highest BCUT2D eigenvalue weighted by Gasteiger charge is 2.48. The van der Waals surface area contributed by atoms with Crippen molar-refractivity contribution in [3.05, 3.63) is 59.6 Å². The molecule has 0 aliphatic carbocycles. The molecule has 2 N–H and O–H groups in total. The van der Waals surface area contributed by atoms with E-state index in [2.05, 4.69) is 31.0 Å². The second kappa shape index (κ2) is 12.5. The van der Waals surface area contributed by atoms with Gasteiger partial charge < -0.3 is 24.8 Å². The van der Waals surface area contributed by atoms with E-state index in [1.54, 1.807) is 7.11 Å². The molecule has 4 saturated heterocycles. The molecule has 4 fully saturated rings. The maximum Gasteiger partial charge on any atom is 0.319 e. The van der Waals surface area contributed by atoms with Gasteiger partial charge in [0.15, 0.2) is 5.82 Å². The highest BCUT2D eigenvalue weighted by molar-refractivity contribution is 6.03. The molecule has 0 radical (unpaired) electrons. The lowest BCUT2D eigenvalue weighted by Crippen LogP contribution is -2.61. The Balaban J connectivity index is 0.00000378. The predicted octanol–water partition coefficient (Wildman–Crippen LogP) is 5.87. The molecule has 4 aliphatic heterocycles. The monoisotopic (exact) mass is 672 g/mol. The summed E-state index contributed by atoms with van der Waals surface area (Å²) < 4.78 is 57.3. The van der Waals surface area contributed by atoms with Gasteiger partial charge in [0.25, 0.3) is 0 Å². The smallest absolute Gasteiger partial charge is 0.319 e. The number of hydrogen-bond donors (Lipinski definition) is 2. The summed E-state index contributed by atoms with van der Waals surface area (Å²) in [5, 5.41) is 15.4. The summed E-state index contributed by atoms with van der Waals surface area (Å²) in [6.45, 7) is 3.31. The zero-order valence-corrected chi connectivity index (χ0v) is 26.5. The number of nitrogens with zero attached hydrogens (tertiary/aromatic N) is 5. The number of methoxy groups -OCH3 is 1. The number of aromatic nitrogens is 3. The van der Waals surface area contributed by atoms with E-state index in [0.717, 1.165) is 37.8 Å².